The molecule has 3 N–H and O–H groups in total. The number of aryl methyl sites for hydroxylation is 1. The molecule has 1 amide bonds. The fraction of sp³-hybridized carbons (Fsp3) is 0.533. The van der Waals surface area contributed by atoms with Crippen molar-refractivity contribution in [3.63, 3.8) is 0 Å². The van der Waals surface area contributed by atoms with Gasteiger partial charge in [0.1, 0.15) is 0 Å². The van der Waals surface area contributed by atoms with E-state index in [2.05, 4.69) is 41.4 Å². The zero-order valence-electron chi connectivity index (χ0n) is 11.7. The number of likely N-dealkylation sites (tertiary alicyclic amines) is 1. The third-order valence-electron chi connectivity index (χ3n) is 3.72. The van der Waals surface area contributed by atoms with Crippen LogP contribution in [0.4, 0.5) is 0 Å². The molecular weight excluding hydrogens is 238 g/mol. The maximum absolute atomic E-state index is 11.1. The van der Waals surface area contributed by atoms with Gasteiger partial charge in [0.15, 0.2) is 0 Å². The Kier molecular flexibility index (Phi) is 4.56. The van der Waals surface area contributed by atoms with Crippen LogP contribution in [0.15, 0.2) is 24.3 Å². The molecule has 0 spiro atoms. The molecule has 1 saturated heterocycles. The number of nitrogens with one attached hydrogen (secondary N) is 1. The third kappa shape index (κ3) is 3.55. The third-order valence-corrected chi connectivity index (χ3v) is 3.72. The van der Waals surface area contributed by atoms with Crippen molar-refractivity contribution in [2.24, 2.45) is 5.73 Å². The minimum Gasteiger partial charge on any atom is -0.352 e. The van der Waals surface area contributed by atoms with Crippen molar-refractivity contribution in [3.05, 3.63) is 35.4 Å². The van der Waals surface area contributed by atoms with Gasteiger partial charge in [-0.3, -0.25) is 9.69 Å². The van der Waals surface area contributed by atoms with Gasteiger partial charge in [0.05, 0.1) is 0 Å². The van der Waals surface area contributed by atoms with Gasteiger partial charge in [-0.2, -0.15) is 0 Å². The first kappa shape index (κ1) is 14.0. The molecular formula is C15H23N3O. The summed E-state index contributed by atoms with van der Waals surface area (Å²) in [4.78, 5) is 13.5. The Labute approximate surface area is 115 Å². The molecule has 1 aromatic carbocycles. The van der Waals surface area contributed by atoms with Gasteiger partial charge in [-0.15, -0.1) is 0 Å². The first-order chi connectivity index (χ1) is 9.10. The number of nitrogens with two attached hydrogens (primary N) is 1. The van der Waals surface area contributed by atoms with Crippen molar-refractivity contribution in [2.75, 3.05) is 19.6 Å². The zero-order chi connectivity index (χ0) is 13.8. The Morgan fingerprint density at radius 2 is 2.37 bits per heavy atom. The van der Waals surface area contributed by atoms with Crippen LogP contribution < -0.4 is 11.1 Å². The van der Waals surface area contributed by atoms with Crippen LogP contribution in [-0.4, -0.2) is 36.5 Å². The summed E-state index contributed by atoms with van der Waals surface area (Å²) < 4.78 is 0. The van der Waals surface area contributed by atoms with E-state index in [0.29, 0.717) is 6.54 Å². The van der Waals surface area contributed by atoms with Crippen molar-refractivity contribution >= 4 is 5.91 Å². The van der Waals surface area contributed by atoms with E-state index in [1.165, 1.54) is 11.1 Å². The Morgan fingerprint density at radius 3 is 3.00 bits per heavy atom. The molecule has 2 unspecified atom stereocenters. The van der Waals surface area contributed by atoms with E-state index in [1.54, 1.807) is 6.92 Å². The number of carbonyl (C=O) groups is 1. The summed E-state index contributed by atoms with van der Waals surface area (Å²) in [5.41, 5.74) is 8.48. The second-order valence-electron chi connectivity index (χ2n) is 5.35. The highest BCUT2D eigenvalue weighted by Gasteiger charge is 2.28. The lowest BCUT2D eigenvalue weighted by Crippen LogP contribution is -2.38. The molecule has 0 bridgehead atoms. The van der Waals surface area contributed by atoms with Gasteiger partial charge in [0.25, 0.3) is 0 Å². The molecule has 4 nitrogen and oxygen atoms in total. The summed E-state index contributed by atoms with van der Waals surface area (Å²) in [6, 6.07) is 9.02. The monoisotopic (exact) mass is 261 g/mol. The van der Waals surface area contributed by atoms with E-state index in [4.69, 9.17) is 5.73 Å². The lowest BCUT2D eigenvalue weighted by Gasteiger charge is -2.27. The van der Waals surface area contributed by atoms with Gasteiger partial charge in [-0.05, 0) is 18.9 Å². The summed E-state index contributed by atoms with van der Waals surface area (Å²) in [6.07, 6.45) is 1.00. The summed E-state index contributed by atoms with van der Waals surface area (Å²) >= 11 is 0. The second kappa shape index (κ2) is 6.17. The fourth-order valence-electron chi connectivity index (χ4n) is 2.85. The van der Waals surface area contributed by atoms with E-state index >= 15 is 0 Å². The lowest BCUT2D eigenvalue weighted by atomic mass is 10.0. The van der Waals surface area contributed by atoms with Gasteiger partial charge in [0.2, 0.25) is 5.91 Å². The SMILES string of the molecule is CC(=O)NC1CCN(C(CN)c2cccc(C)c2)C1. The number of benzene rings is 1. The van der Waals surface area contributed by atoms with Gasteiger partial charge >= 0.3 is 0 Å². The second-order valence-corrected chi connectivity index (χ2v) is 5.35. The minimum absolute atomic E-state index is 0.0479. The maximum Gasteiger partial charge on any atom is 0.217 e. The smallest absolute Gasteiger partial charge is 0.217 e. The first-order valence-corrected chi connectivity index (χ1v) is 6.88. The topological polar surface area (TPSA) is 58.4 Å². The minimum atomic E-state index is 0.0479. The van der Waals surface area contributed by atoms with Crippen LogP contribution >= 0.6 is 0 Å². The van der Waals surface area contributed by atoms with Crippen LogP contribution in [0.25, 0.3) is 0 Å². The number of nitrogens with zero attached hydrogens (tertiary/aromatic N) is 1. The highest BCUT2D eigenvalue weighted by Crippen LogP contribution is 2.24. The van der Waals surface area contributed by atoms with Crippen molar-refractivity contribution in [1.29, 1.82) is 0 Å². The Morgan fingerprint density at radius 1 is 1.58 bits per heavy atom. The molecule has 1 fully saturated rings. The molecule has 104 valence electrons. The molecule has 1 aliphatic rings. The average Bonchev–Trinajstić information content (AvgIpc) is 2.77. The van der Waals surface area contributed by atoms with Gasteiger partial charge in [0, 0.05) is 38.6 Å². The molecule has 2 atom stereocenters. The Bertz CT molecular complexity index is 447. The largest absolute Gasteiger partial charge is 0.352 e. The van der Waals surface area contributed by atoms with E-state index in [0.717, 1.165) is 19.5 Å². The molecule has 0 saturated carbocycles. The molecule has 19 heavy (non-hydrogen) atoms. The van der Waals surface area contributed by atoms with E-state index in [1.807, 2.05) is 0 Å². The van der Waals surface area contributed by atoms with Gasteiger partial charge in [-0.1, -0.05) is 29.8 Å². The highest BCUT2D eigenvalue weighted by molar-refractivity contribution is 5.73. The predicted molar refractivity (Wildman–Crippen MR) is 76.8 cm³/mol. The molecule has 1 aromatic rings. The molecule has 1 heterocycles. The molecule has 4 heteroatoms. The standard InChI is InChI=1S/C15H23N3O/c1-11-4-3-5-13(8-11)15(9-16)18-7-6-14(10-18)17-12(2)19/h3-5,8,14-15H,6-7,9-10,16H2,1-2H3,(H,17,19). The van der Waals surface area contributed by atoms with E-state index < -0.39 is 0 Å². The fourth-order valence-corrected chi connectivity index (χ4v) is 2.85. The maximum atomic E-state index is 11.1. The van der Waals surface area contributed by atoms with Gasteiger partial charge < -0.3 is 11.1 Å². The summed E-state index contributed by atoms with van der Waals surface area (Å²) in [7, 11) is 0. The molecule has 2 rings (SSSR count). The first-order valence-electron chi connectivity index (χ1n) is 6.88. The molecule has 0 aromatic heterocycles. The Hall–Kier alpha value is -1.39. The molecule has 0 radical (unpaired) electrons. The molecule has 0 aliphatic carbocycles. The number of carbonyl (C=O) groups excluding carboxylic acids is 1. The lowest BCUT2D eigenvalue weighted by molar-refractivity contribution is -0.119. The Balaban J connectivity index is 2.05. The van der Waals surface area contributed by atoms with Crippen LogP contribution in [0.5, 0.6) is 0 Å². The van der Waals surface area contributed by atoms with Crippen LogP contribution in [0.3, 0.4) is 0 Å². The molecule has 1 aliphatic heterocycles. The number of hydrogen-bond acceptors (Lipinski definition) is 3. The predicted octanol–water partition coefficient (Wildman–Crippen LogP) is 1.21. The zero-order valence-corrected chi connectivity index (χ0v) is 11.7. The average molecular weight is 261 g/mol. The van der Waals surface area contributed by atoms with Crippen molar-refractivity contribution in [3.8, 4) is 0 Å². The van der Waals surface area contributed by atoms with E-state index in [9.17, 15) is 4.79 Å². The number of amides is 1. The van der Waals surface area contributed by atoms with E-state index in [-0.39, 0.29) is 18.0 Å². The quantitative estimate of drug-likeness (QED) is 0.856. The van der Waals surface area contributed by atoms with Crippen LogP contribution in [0, 0.1) is 6.92 Å². The number of rotatable bonds is 4. The normalized spacial score (nSPS) is 21.3. The van der Waals surface area contributed by atoms with Crippen LogP contribution in [-0.2, 0) is 4.79 Å². The van der Waals surface area contributed by atoms with Gasteiger partial charge in [-0.25, -0.2) is 0 Å². The highest BCUT2D eigenvalue weighted by atomic mass is 16.1. The van der Waals surface area contributed by atoms with Crippen molar-refractivity contribution in [1.82, 2.24) is 10.2 Å². The number of hydrogen-bond donors (Lipinski definition) is 2. The summed E-state index contributed by atoms with van der Waals surface area (Å²) in [5.74, 6) is 0.0479. The van der Waals surface area contributed by atoms with Crippen LogP contribution in [0.2, 0.25) is 0 Å². The van der Waals surface area contributed by atoms with Crippen LogP contribution in [0.1, 0.15) is 30.5 Å². The summed E-state index contributed by atoms with van der Waals surface area (Å²) in [5, 5.41) is 2.99. The van der Waals surface area contributed by atoms with Crippen molar-refractivity contribution in [2.45, 2.75) is 32.4 Å². The van der Waals surface area contributed by atoms with Crippen molar-refractivity contribution < 1.29 is 4.79 Å². The summed E-state index contributed by atoms with van der Waals surface area (Å²) in [6.45, 7) is 6.15.